The molecule has 0 aliphatic rings. The Bertz CT molecular complexity index is 726. The summed E-state index contributed by atoms with van der Waals surface area (Å²) in [5.41, 5.74) is 6.44. The Hall–Kier alpha value is -2.82. The minimum Gasteiger partial charge on any atom is -0.494 e. The summed E-state index contributed by atoms with van der Waals surface area (Å²) in [6, 6.07) is 13.6. The third-order valence-corrected chi connectivity index (χ3v) is 3.50. The summed E-state index contributed by atoms with van der Waals surface area (Å²) in [6.07, 6.45) is 0.947. The number of nitrogens with one attached hydrogen (secondary N) is 1. The van der Waals surface area contributed by atoms with E-state index in [1.807, 2.05) is 6.07 Å². The minimum atomic E-state index is -0.586. The zero-order valence-electron chi connectivity index (χ0n) is 13.9. The Labute approximate surface area is 141 Å². The van der Waals surface area contributed by atoms with Gasteiger partial charge in [-0.2, -0.15) is 0 Å². The molecule has 0 unspecified atom stereocenters. The largest absolute Gasteiger partial charge is 0.494 e. The number of ether oxygens (including phenoxy) is 1. The highest BCUT2D eigenvalue weighted by Gasteiger charge is 2.12. The van der Waals surface area contributed by atoms with Crippen LogP contribution in [0.5, 0.6) is 5.75 Å². The Morgan fingerprint density at radius 3 is 2.58 bits per heavy atom. The SMILES string of the molecule is CC(C)CCOc1cccc(C(=O)Nc2ccccc2C(N)=O)c1. The van der Waals surface area contributed by atoms with Crippen molar-refractivity contribution >= 4 is 17.5 Å². The highest BCUT2D eigenvalue weighted by molar-refractivity contribution is 6.08. The molecule has 0 atom stereocenters. The van der Waals surface area contributed by atoms with E-state index < -0.39 is 5.91 Å². The molecule has 0 heterocycles. The van der Waals surface area contributed by atoms with Gasteiger partial charge >= 0.3 is 0 Å². The second-order valence-corrected chi connectivity index (χ2v) is 5.92. The number of para-hydroxylation sites is 1. The predicted molar refractivity (Wildman–Crippen MR) is 94.3 cm³/mol. The molecular weight excluding hydrogens is 304 g/mol. The third-order valence-electron chi connectivity index (χ3n) is 3.50. The first-order valence-corrected chi connectivity index (χ1v) is 7.90. The predicted octanol–water partition coefficient (Wildman–Crippen LogP) is 3.46. The topological polar surface area (TPSA) is 81.4 Å². The first-order valence-electron chi connectivity index (χ1n) is 7.90. The van der Waals surface area contributed by atoms with Crippen LogP contribution in [0.2, 0.25) is 0 Å². The van der Waals surface area contributed by atoms with Gasteiger partial charge in [0, 0.05) is 5.56 Å². The number of hydrogen-bond acceptors (Lipinski definition) is 3. The van der Waals surface area contributed by atoms with Crippen LogP contribution in [-0.4, -0.2) is 18.4 Å². The van der Waals surface area contributed by atoms with Crippen molar-refractivity contribution in [1.82, 2.24) is 0 Å². The van der Waals surface area contributed by atoms with Crippen LogP contribution in [0.25, 0.3) is 0 Å². The normalized spacial score (nSPS) is 10.5. The first-order chi connectivity index (χ1) is 11.5. The van der Waals surface area contributed by atoms with E-state index >= 15 is 0 Å². The summed E-state index contributed by atoms with van der Waals surface area (Å²) in [5, 5.41) is 2.71. The highest BCUT2D eigenvalue weighted by Crippen LogP contribution is 2.18. The molecule has 5 nitrogen and oxygen atoms in total. The number of nitrogens with two attached hydrogens (primary N) is 1. The number of anilines is 1. The van der Waals surface area contributed by atoms with Crippen LogP contribution in [0.1, 0.15) is 41.0 Å². The molecule has 0 bridgehead atoms. The van der Waals surface area contributed by atoms with Crippen molar-refractivity contribution in [3.63, 3.8) is 0 Å². The Kier molecular flexibility index (Phi) is 5.95. The van der Waals surface area contributed by atoms with E-state index in [0.29, 0.717) is 29.5 Å². The second-order valence-electron chi connectivity index (χ2n) is 5.92. The van der Waals surface area contributed by atoms with Crippen molar-refractivity contribution < 1.29 is 14.3 Å². The molecule has 0 radical (unpaired) electrons. The fraction of sp³-hybridized carbons (Fsp3) is 0.263. The molecule has 24 heavy (non-hydrogen) atoms. The van der Waals surface area contributed by atoms with E-state index in [1.165, 1.54) is 0 Å². The lowest BCUT2D eigenvalue weighted by Gasteiger charge is -2.11. The molecule has 3 N–H and O–H groups in total. The molecular formula is C19H22N2O3. The van der Waals surface area contributed by atoms with E-state index in [-0.39, 0.29) is 11.5 Å². The molecule has 0 fully saturated rings. The quantitative estimate of drug-likeness (QED) is 0.817. The molecule has 2 aromatic rings. The zero-order valence-corrected chi connectivity index (χ0v) is 13.9. The molecule has 0 aliphatic carbocycles. The number of rotatable bonds is 7. The summed E-state index contributed by atoms with van der Waals surface area (Å²) in [7, 11) is 0. The van der Waals surface area contributed by atoms with Crippen molar-refractivity contribution in [2.75, 3.05) is 11.9 Å². The van der Waals surface area contributed by atoms with Gasteiger partial charge in [0.25, 0.3) is 11.8 Å². The van der Waals surface area contributed by atoms with Crippen LogP contribution in [0, 0.1) is 5.92 Å². The monoisotopic (exact) mass is 326 g/mol. The Morgan fingerprint density at radius 2 is 1.88 bits per heavy atom. The number of primary amides is 1. The number of amides is 2. The Morgan fingerprint density at radius 1 is 1.12 bits per heavy atom. The van der Waals surface area contributed by atoms with Crippen molar-refractivity contribution in [2.24, 2.45) is 11.7 Å². The van der Waals surface area contributed by atoms with Crippen LogP contribution >= 0.6 is 0 Å². The molecule has 2 aromatic carbocycles. The van der Waals surface area contributed by atoms with Crippen molar-refractivity contribution in [3.8, 4) is 5.75 Å². The van der Waals surface area contributed by atoms with Gasteiger partial charge in [0.15, 0.2) is 0 Å². The van der Waals surface area contributed by atoms with Gasteiger partial charge in [-0.3, -0.25) is 9.59 Å². The average Bonchev–Trinajstić information content (AvgIpc) is 2.55. The lowest BCUT2D eigenvalue weighted by Crippen LogP contribution is -2.18. The summed E-state index contributed by atoms with van der Waals surface area (Å²) in [5.74, 6) is 0.294. The summed E-state index contributed by atoms with van der Waals surface area (Å²) in [4.78, 5) is 23.8. The van der Waals surface area contributed by atoms with E-state index in [2.05, 4.69) is 19.2 Å². The number of benzene rings is 2. The molecule has 0 aliphatic heterocycles. The molecule has 2 amide bonds. The number of carbonyl (C=O) groups excluding carboxylic acids is 2. The standard InChI is InChI=1S/C19H22N2O3/c1-13(2)10-11-24-15-7-5-6-14(12-15)19(23)21-17-9-4-3-8-16(17)18(20)22/h3-9,12-13H,10-11H2,1-2H3,(H2,20,22)(H,21,23). The minimum absolute atomic E-state index is 0.273. The maximum absolute atomic E-state index is 12.4. The lowest BCUT2D eigenvalue weighted by atomic mass is 10.1. The van der Waals surface area contributed by atoms with Gasteiger partial charge in [-0.15, -0.1) is 0 Å². The van der Waals surface area contributed by atoms with E-state index in [4.69, 9.17) is 10.5 Å². The van der Waals surface area contributed by atoms with Gasteiger partial charge in [-0.05, 0) is 42.7 Å². The van der Waals surface area contributed by atoms with E-state index in [9.17, 15) is 9.59 Å². The molecule has 0 saturated heterocycles. The van der Waals surface area contributed by atoms with Gasteiger partial charge in [-0.25, -0.2) is 0 Å². The van der Waals surface area contributed by atoms with Crippen molar-refractivity contribution in [1.29, 1.82) is 0 Å². The van der Waals surface area contributed by atoms with Gasteiger partial charge in [0.1, 0.15) is 5.75 Å². The van der Waals surface area contributed by atoms with Gasteiger partial charge < -0.3 is 15.8 Å². The van der Waals surface area contributed by atoms with Crippen molar-refractivity contribution in [3.05, 3.63) is 59.7 Å². The van der Waals surface area contributed by atoms with Crippen LogP contribution in [0.4, 0.5) is 5.69 Å². The maximum Gasteiger partial charge on any atom is 0.255 e. The fourth-order valence-corrected chi connectivity index (χ4v) is 2.14. The molecule has 0 aromatic heterocycles. The molecule has 126 valence electrons. The number of hydrogen-bond donors (Lipinski definition) is 2. The summed E-state index contributed by atoms with van der Waals surface area (Å²) in [6.45, 7) is 4.86. The van der Waals surface area contributed by atoms with Gasteiger partial charge in [0.2, 0.25) is 0 Å². The summed E-state index contributed by atoms with van der Waals surface area (Å²) < 4.78 is 5.67. The third kappa shape index (κ3) is 4.84. The summed E-state index contributed by atoms with van der Waals surface area (Å²) >= 11 is 0. The molecule has 5 heteroatoms. The fourth-order valence-electron chi connectivity index (χ4n) is 2.14. The average molecular weight is 326 g/mol. The Balaban J connectivity index is 2.09. The van der Waals surface area contributed by atoms with Crippen LogP contribution in [0.15, 0.2) is 48.5 Å². The first kappa shape index (κ1) is 17.5. The van der Waals surface area contributed by atoms with Crippen LogP contribution in [0.3, 0.4) is 0 Å². The van der Waals surface area contributed by atoms with E-state index in [1.54, 1.807) is 42.5 Å². The van der Waals surface area contributed by atoms with Gasteiger partial charge in [0.05, 0.1) is 17.9 Å². The maximum atomic E-state index is 12.4. The van der Waals surface area contributed by atoms with Crippen LogP contribution < -0.4 is 15.8 Å². The van der Waals surface area contributed by atoms with Crippen molar-refractivity contribution in [2.45, 2.75) is 20.3 Å². The lowest BCUT2D eigenvalue weighted by molar-refractivity contribution is 0.100. The highest BCUT2D eigenvalue weighted by atomic mass is 16.5. The number of carbonyl (C=O) groups is 2. The smallest absolute Gasteiger partial charge is 0.255 e. The molecule has 0 saturated carbocycles. The van der Waals surface area contributed by atoms with Crippen LogP contribution in [-0.2, 0) is 0 Å². The molecule has 0 spiro atoms. The van der Waals surface area contributed by atoms with E-state index in [0.717, 1.165) is 6.42 Å². The zero-order chi connectivity index (χ0) is 17.5. The second kappa shape index (κ2) is 8.15. The van der Waals surface area contributed by atoms with Gasteiger partial charge in [-0.1, -0.05) is 32.0 Å². The molecule has 2 rings (SSSR count).